The lowest BCUT2D eigenvalue weighted by Crippen LogP contribution is -2.41. The molecule has 1 heterocycles. The number of amides is 3. The number of esters is 1. The van der Waals surface area contributed by atoms with Crippen LogP contribution in [-0.4, -0.2) is 49.0 Å². The lowest BCUT2D eigenvalue weighted by molar-refractivity contribution is -0.151. The Hall–Kier alpha value is -3.10. The molecule has 1 atom stereocenters. The fraction of sp³-hybridized carbons (Fsp3) is 0.412. The summed E-state index contributed by atoms with van der Waals surface area (Å²) in [6.07, 6.45) is -1.36. The van der Waals surface area contributed by atoms with Crippen LogP contribution in [0.3, 0.4) is 0 Å². The standard InChI is InChI=1S/C17H21N3O6/c1-10(2)19-14(21)8-18-15(22)9-25-16(23)7-13-17(24)20-11-5-3-4-6-12(11)26-13/h3-6,10,13H,7-9H2,1-2H3,(H,18,22)(H,19,21)(H,20,24)/t13-/m0/s1. The van der Waals surface area contributed by atoms with Crippen molar-refractivity contribution in [3.63, 3.8) is 0 Å². The van der Waals surface area contributed by atoms with E-state index in [0.717, 1.165) is 0 Å². The molecule has 0 aliphatic carbocycles. The number of para-hydroxylation sites is 2. The summed E-state index contributed by atoms with van der Waals surface area (Å²) in [6.45, 7) is 2.84. The summed E-state index contributed by atoms with van der Waals surface area (Å²) in [7, 11) is 0. The second-order valence-corrected chi connectivity index (χ2v) is 5.96. The molecule has 3 amide bonds. The largest absolute Gasteiger partial charge is 0.478 e. The molecule has 0 saturated heterocycles. The third-order valence-corrected chi connectivity index (χ3v) is 3.32. The first kappa shape index (κ1) is 19.2. The number of fused-ring (bicyclic) bond motifs is 1. The minimum absolute atomic E-state index is 0.0380. The van der Waals surface area contributed by atoms with Crippen LogP contribution in [0.15, 0.2) is 24.3 Å². The number of benzene rings is 1. The lowest BCUT2D eigenvalue weighted by Gasteiger charge is -2.25. The highest BCUT2D eigenvalue weighted by Crippen LogP contribution is 2.29. The predicted octanol–water partition coefficient (Wildman–Crippen LogP) is -0.0398. The SMILES string of the molecule is CC(C)NC(=O)CNC(=O)COC(=O)C[C@@H]1Oc2ccccc2NC1=O. The van der Waals surface area contributed by atoms with Crippen molar-refractivity contribution in [2.45, 2.75) is 32.4 Å². The van der Waals surface area contributed by atoms with Gasteiger partial charge in [0, 0.05) is 6.04 Å². The first-order valence-electron chi connectivity index (χ1n) is 8.13. The van der Waals surface area contributed by atoms with E-state index in [-0.39, 0.29) is 24.9 Å². The molecule has 1 aromatic rings. The highest BCUT2D eigenvalue weighted by atomic mass is 16.5. The van der Waals surface area contributed by atoms with E-state index in [1.165, 1.54) is 0 Å². The molecule has 0 aromatic heterocycles. The number of rotatable bonds is 7. The van der Waals surface area contributed by atoms with Gasteiger partial charge in [0.05, 0.1) is 18.7 Å². The van der Waals surface area contributed by atoms with E-state index in [1.54, 1.807) is 38.1 Å². The minimum atomic E-state index is -1.03. The van der Waals surface area contributed by atoms with Gasteiger partial charge in [0.1, 0.15) is 5.75 Å². The Morgan fingerprint density at radius 1 is 1.23 bits per heavy atom. The first-order chi connectivity index (χ1) is 12.3. The van der Waals surface area contributed by atoms with E-state index in [9.17, 15) is 19.2 Å². The summed E-state index contributed by atoms with van der Waals surface area (Å²) in [6, 6.07) is 6.80. The number of ether oxygens (including phenoxy) is 2. The normalized spacial score (nSPS) is 15.3. The fourth-order valence-electron chi connectivity index (χ4n) is 2.19. The maximum Gasteiger partial charge on any atom is 0.310 e. The quantitative estimate of drug-likeness (QED) is 0.584. The Balaban J connectivity index is 1.73. The zero-order valence-corrected chi connectivity index (χ0v) is 14.5. The molecular weight excluding hydrogens is 342 g/mol. The van der Waals surface area contributed by atoms with Crippen LogP contribution in [0.2, 0.25) is 0 Å². The Bertz CT molecular complexity index is 703. The van der Waals surface area contributed by atoms with Crippen LogP contribution >= 0.6 is 0 Å². The Morgan fingerprint density at radius 2 is 1.96 bits per heavy atom. The van der Waals surface area contributed by atoms with E-state index in [1.807, 2.05) is 0 Å². The van der Waals surface area contributed by atoms with Gasteiger partial charge in [-0.25, -0.2) is 0 Å². The van der Waals surface area contributed by atoms with Crippen molar-refractivity contribution < 1.29 is 28.7 Å². The van der Waals surface area contributed by atoms with Gasteiger partial charge in [0.2, 0.25) is 5.91 Å². The fourth-order valence-corrected chi connectivity index (χ4v) is 2.19. The summed E-state index contributed by atoms with van der Waals surface area (Å²) in [4.78, 5) is 46.7. The van der Waals surface area contributed by atoms with Crippen molar-refractivity contribution in [3.05, 3.63) is 24.3 Å². The van der Waals surface area contributed by atoms with E-state index in [4.69, 9.17) is 9.47 Å². The van der Waals surface area contributed by atoms with Gasteiger partial charge in [-0.15, -0.1) is 0 Å². The predicted molar refractivity (Wildman–Crippen MR) is 91.4 cm³/mol. The molecule has 0 bridgehead atoms. The number of hydrogen-bond acceptors (Lipinski definition) is 6. The molecule has 1 aromatic carbocycles. The van der Waals surface area contributed by atoms with Crippen molar-refractivity contribution in [3.8, 4) is 5.75 Å². The first-order valence-corrected chi connectivity index (χ1v) is 8.13. The molecule has 1 aliphatic heterocycles. The van der Waals surface area contributed by atoms with Crippen LogP contribution in [0, 0.1) is 0 Å². The summed E-state index contributed by atoms with van der Waals surface area (Å²) in [5.74, 6) is -1.72. The smallest absolute Gasteiger partial charge is 0.310 e. The molecule has 0 saturated carbocycles. The lowest BCUT2D eigenvalue weighted by atomic mass is 10.1. The van der Waals surface area contributed by atoms with Gasteiger partial charge >= 0.3 is 5.97 Å². The van der Waals surface area contributed by atoms with Gasteiger partial charge in [-0.3, -0.25) is 19.2 Å². The molecule has 0 unspecified atom stereocenters. The van der Waals surface area contributed by atoms with Crippen LogP contribution in [-0.2, 0) is 23.9 Å². The van der Waals surface area contributed by atoms with Crippen LogP contribution in [0.4, 0.5) is 5.69 Å². The molecule has 9 heteroatoms. The van der Waals surface area contributed by atoms with E-state index in [0.29, 0.717) is 11.4 Å². The molecule has 140 valence electrons. The van der Waals surface area contributed by atoms with Gasteiger partial charge in [-0.05, 0) is 26.0 Å². The molecule has 0 fully saturated rings. The van der Waals surface area contributed by atoms with Gasteiger partial charge in [0.15, 0.2) is 12.7 Å². The molecule has 2 rings (SSSR count). The summed E-state index contributed by atoms with van der Waals surface area (Å²) >= 11 is 0. The molecule has 0 radical (unpaired) electrons. The highest BCUT2D eigenvalue weighted by Gasteiger charge is 2.30. The Morgan fingerprint density at radius 3 is 2.69 bits per heavy atom. The van der Waals surface area contributed by atoms with E-state index < -0.39 is 30.5 Å². The van der Waals surface area contributed by atoms with Crippen LogP contribution < -0.4 is 20.7 Å². The highest BCUT2D eigenvalue weighted by molar-refractivity contribution is 5.99. The zero-order valence-electron chi connectivity index (χ0n) is 14.5. The Kier molecular flexibility index (Phi) is 6.54. The number of carbonyl (C=O) groups is 4. The van der Waals surface area contributed by atoms with Gasteiger partial charge in [0.25, 0.3) is 11.8 Å². The molecule has 3 N–H and O–H groups in total. The number of carbonyl (C=O) groups excluding carboxylic acids is 4. The second-order valence-electron chi connectivity index (χ2n) is 5.96. The topological polar surface area (TPSA) is 123 Å². The van der Waals surface area contributed by atoms with Gasteiger partial charge in [-0.1, -0.05) is 12.1 Å². The molecule has 1 aliphatic rings. The van der Waals surface area contributed by atoms with Crippen molar-refractivity contribution in [2.24, 2.45) is 0 Å². The molecule has 0 spiro atoms. The van der Waals surface area contributed by atoms with Gasteiger partial charge in [-0.2, -0.15) is 0 Å². The van der Waals surface area contributed by atoms with Crippen molar-refractivity contribution in [2.75, 3.05) is 18.5 Å². The monoisotopic (exact) mass is 363 g/mol. The summed E-state index contributed by atoms with van der Waals surface area (Å²) in [5, 5.41) is 7.57. The Labute approximate surface area is 150 Å². The third-order valence-electron chi connectivity index (χ3n) is 3.32. The van der Waals surface area contributed by atoms with E-state index in [2.05, 4.69) is 16.0 Å². The zero-order chi connectivity index (χ0) is 19.1. The van der Waals surface area contributed by atoms with Crippen molar-refractivity contribution in [1.29, 1.82) is 0 Å². The second kappa shape index (κ2) is 8.84. The average molecular weight is 363 g/mol. The minimum Gasteiger partial charge on any atom is -0.478 e. The maximum absolute atomic E-state index is 11.9. The maximum atomic E-state index is 11.9. The molecule has 26 heavy (non-hydrogen) atoms. The van der Waals surface area contributed by atoms with Crippen LogP contribution in [0.1, 0.15) is 20.3 Å². The van der Waals surface area contributed by atoms with Crippen LogP contribution in [0.25, 0.3) is 0 Å². The molecule has 9 nitrogen and oxygen atoms in total. The number of anilines is 1. The average Bonchev–Trinajstić information content (AvgIpc) is 2.58. The number of hydrogen-bond donors (Lipinski definition) is 3. The van der Waals surface area contributed by atoms with Crippen molar-refractivity contribution in [1.82, 2.24) is 10.6 Å². The van der Waals surface area contributed by atoms with Crippen molar-refractivity contribution >= 4 is 29.4 Å². The van der Waals surface area contributed by atoms with E-state index >= 15 is 0 Å². The van der Waals surface area contributed by atoms with Gasteiger partial charge < -0.3 is 25.4 Å². The molecular formula is C17H21N3O6. The summed E-state index contributed by atoms with van der Waals surface area (Å²) in [5.41, 5.74) is 0.529. The summed E-state index contributed by atoms with van der Waals surface area (Å²) < 4.78 is 10.3. The van der Waals surface area contributed by atoms with Crippen LogP contribution in [0.5, 0.6) is 5.75 Å². The third kappa shape index (κ3) is 5.76. The number of nitrogens with one attached hydrogen (secondary N) is 3.